The molecule has 2 nitrogen and oxygen atoms in total. The van der Waals surface area contributed by atoms with Crippen LogP contribution >= 0.6 is 27.5 Å². The minimum absolute atomic E-state index is 0.308. The van der Waals surface area contributed by atoms with Gasteiger partial charge in [-0.05, 0) is 55.8 Å². The number of hydrogen-bond acceptors (Lipinski definition) is 2. The molecule has 21 heavy (non-hydrogen) atoms. The SMILES string of the molecule is NCC(c1ccc(Cl)cc1Br)N1CCC[C@H]2CCCC[C@H]21. The number of nitrogens with zero attached hydrogens (tertiary/aromatic N) is 1. The molecule has 1 aromatic carbocycles. The fourth-order valence-corrected chi connectivity index (χ4v) is 5.21. The Morgan fingerprint density at radius 2 is 2.00 bits per heavy atom. The Morgan fingerprint density at radius 3 is 2.76 bits per heavy atom. The predicted octanol–water partition coefficient (Wildman–Crippen LogP) is 4.76. The van der Waals surface area contributed by atoms with Crippen LogP contribution in [0.3, 0.4) is 0 Å². The third kappa shape index (κ3) is 3.31. The van der Waals surface area contributed by atoms with E-state index in [0.717, 1.165) is 21.5 Å². The molecule has 3 rings (SSSR count). The molecule has 1 saturated heterocycles. The lowest BCUT2D eigenvalue weighted by Crippen LogP contribution is -2.50. The van der Waals surface area contributed by atoms with Gasteiger partial charge >= 0.3 is 0 Å². The van der Waals surface area contributed by atoms with Gasteiger partial charge < -0.3 is 5.73 Å². The summed E-state index contributed by atoms with van der Waals surface area (Å²) in [5, 5.41) is 0.774. The van der Waals surface area contributed by atoms with Gasteiger partial charge in [0.05, 0.1) is 0 Å². The van der Waals surface area contributed by atoms with Gasteiger partial charge in [-0.1, -0.05) is 46.4 Å². The van der Waals surface area contributed by atoms with Crippen LogP contribution in [0.15, 0.2) is 22.7 Å². The molecule has 1 saturated carbocycles. The van der Waals surface area contributed by atoms with Crippen molar-refractivity contribution in [1.29, 1.82) is 0 Å². The second kappa shape index (κ2) is 6.99. The van der Waals surface area contributed by atoms with Crippen molar-refractivity contribution in [3.63, 3.8) is 0 Å². The van der Waals surface area contributed by atoms with Gasteiger partial charge in [-0.3, -0.25) is 4.90 Å². The molecule has 0 radical (unpaired) electrons. The molecule has 4 heteroatoms. The zero-order chi connectivity index (χ0) is 14.8. The average molecular weight is 372 g/mol. The van der Waals surface area contributed by atoms with Gasteiger partial charge in [-0.15, -0.1) is 0 Å². The fraction of sp³-hybridized carbons (Fsp3) is 0.647. The van der Waals surface area contributed by atoms with Crippen LogP contribution in [0.25, 0.3) is 0 Å². The largest absolute Gasteiger partial charge is 0.329 e. The van der Waals surface area contributed by atoms with Gasteiger partial charge in [-0.25, -0.2) is 0 Å². The molecule has 2 N–H and O–H groups in total. The van der Waals surface area contributed by atoms with Crippen molar-refractivity contribution >= 4 is 27.5 Å². The first-order valence-electron chi connectivity index (χ1n) is 8.11. The number of rotatable bonds is 3. The van der Waals surface area contributed by atoms with Crippen molar-refractivity contribution in [3.8, 4) is 0 Å². The highest BCUT2D eigenvalue weighted by Gasteiger charge is 2.37. The van der Waals surface area contributed by atoms with Crippen molar-refractivity contribution in [1.82, 2.24) is 4.90 Å². The minimum Gasteiger partial charge on any atom is -0.329 e. The summed E-state index contributed by atoms with van der Waals surface area (Å²) < 4.78 is 1.09. The second-order valence-corrected chi connectivity index (χ2v) is 7.70. The van der Waals surface area contributed by atoms with Crippen molar-refractivity contribution in [2.45, 2.75) is 50.6 Å². The van der Waals surface area contributed by atoms with E-state index >= 15 is 0 Å². The monoisotopic (exact) mass is 370 g/mol. The molecule has 1 aliphatic heterocycles. The molecule has 0 aromatic heterocycles. The Balaban J connectivity index is 1.87. The number of likely N-dealkylation sites (tertiary alicyclic amines) is 1. The summed E-state index contributed by atoms with van der Waals surface area (Å²) in [7, 11) is 0. The summed E-state index contributed by atoms with van der Waals surface area (Å²) in [5.74, 6) is 0.882. The highest BCUT2D eigenvalue weighted by Crippen LogP contribution is 2.40. The van der Waals surface area contributed by atoms with Crippen LogP contribution in [-0.2, 0) is 0 Å². The third-order valence-electron chi connectivity index (χ3n) is 5.23. The first-order chi connectivity index (χ1) is 10.2. The molecule has 2 fully saturated rings. The van der Waals surface area contributed by atoms with Crippen molar-refractivity contribution < 1.29 is 0 Å². The van der Waals surface area contributed by atoms with Crippen LogP contribution in [0.1, 0.15) is 50.1 Å². The highest BCUT2D eigenvalue weighted by atomic mass is 79.9. The standard InChI is InChI=1S/C17H24BrClN2/c18-15-10-13(19)7-8-14(15)17(11-20)21-9-3-5-12-4-1-2-6-16(12)21/h7-8,10,12,16-17H,1-6,9,11,20H2/t12-,16-,17?/m1/s1. The van der Waals surface area contributed by atoms with Crippen LogP contribution in [-0.4, -0.2) is 24.0 Å². The van der Waals surface area contributed by atoms with Crippen molar-refractivity contribution in [2.24, 2.45) is 11.7 Å². The lowest BCUT2D eigenvalue weighted by atomic mass is 9.77. The van der Waals surface area contributed by atoms with E-state index in [9.17, 15) is 0 Å². The Kier molecular flexibility index (Phi) is 5.26. The Hall–Kier alpha value is -0.0900. The molecule has 0 amide bonds. The van der Waals surface area contributed by atoms with Gasteiger partial charge in [0, 0.05) is 28.1 Å². The Morgan fingerprint density at radius 1 is 1.24 bits per heavy atom. The highest BCUT2D eigenvalue weighted by molar-refractivity contribution is 9.10. The van der Waals surface area contributed by atoms with Gasteiger partial charge in [0.25, 0.3) is 0 Å². The summed E-state index contributed by atoms with van der Waals surface area (Å²) in [6.07, 6.45) is 8.24. The molecule has 2 aliphatic rings. The fourth-order valence-electron chi connectivity index (χ4n) is 4.26. The second-order valence-electron chi connectivity index (χ2n) is 6.41. The number of benzene rings is 1. The van der Waals surface area contributed by atoms with Crippen LogP contribution in [0.5, 0.6) is 0 Å². The van der Waals surface area contributed by atoms with E-state index in [-0.39, 0.29) is 0 Å². The van der Waals surface area contributed by atoms with Gasteiger partial charge in [0.2, 0.25) is 0 Å². The molecule has 116 valence electrons. The molecule has 1 unspecified atom stereocenters. The topological polar surface area (TPSA) is 29.3 Å². The number of nitrogens with two attached hydrogens (primary N) is 1. The molecule has 1 aliphatic carbocycles. The number of halogens is 2. The molecule has 1 aromatic rings. The maximum absolute atomic E-state index is 6.17. The van der Waals surface area contributed by atoms with Crippen LogP contribution in [0.2, 0.25) is 5.02 Å². The predicted molar refractivity (Wildman–Crippen MR) is 92.6 cm³/mol. The zero-order valence-electron chi connectivity index (χ0n) is 12.4. The molecular formula is C17H24BrClN2. The quantitative estimate of drug-likeness (QED) is 0.830. The van der Waals surface area contributed by atoms with Crippen molar-refractivity contribution in [2.75, 3.05) is 13.1 Å². The number of piperidine rings is 1. The summed E-state index contributed by atoms with van der Waals surface area (Å²) in [5.41, 5.74) is 7.45. The molecular weight excluding hydrogens is 348 g/mol. The van der Waals surface area contributed by atoms with E-state index in [4.69, 9.17) is 17.3 Å². The number of fused-ring (bicyclic) bond motifs is 1. The lowest BCUT2D eigenvalue weighted by molar-refractivity contribution is 0.0274. The molecule has 0 bridgehead atoms. The van der Waals surface area contributed by atoms with E-state index in [2.05, 4.69) is 26.9 Å². The summed E-state index contributed by atoms with van der Waals surface area (Å²) in [4.78, 5) is 2.68. The van der Waals surface area contributed by atoms with E-state index in [1.165, 1.54) is 50.6 Å². The molecule has 1 heterocycles. The average Bonchev–Trinajstić information content (AvgIpc) is 2.50. The summed E-state index contributed by atoms with van der Waals surface area (Å²) in [6.45, 7) is 1.85. The van der Waals surface area contributed by atoms with Crippen molar-refractivity contribution in [3.05, 3.63) is 33.3 Å². The first kappa shape index (κ1) is 15.8. The smallest absolute Gasteiger partial charge is 0.0484 e. The maximum Gasteiger partial charge on any atom is 0.0484 e. The normalized spacial score (nSPS) is 28.1. The maximum atomic E-state index is 6.17. The van der Waals surface area contributed by atoms with Crippen LogP contribution in [0.4, 0.5) is 0 Å². The van der Waals surface area contributed by atoms with Gasteiger partial charge in [0.15, 0.2) is 0 Å². The first-order valence-corrected chi connectivity index (χ1v) is 9.28. The van der Waals surface area contributed by atoms with Gasteiger partial charge in [0.1, 0.15) is 0 Å². The summed E-state index contributed by atoms with van der Waals surface area (Å²) >= 11 is 9.76. The van der Waals surface area contributed by atoms with Crippen LogP contribution < -0.4 is 5.73 Å². The van der Waals surface area contributed by atoms with Crippen LogP contribution in [0, 0.1) is 5.92 Å². The lowest BCUT2D eigenvalue weighted by Gasteiger charge is -2.47. The minimum atomic E-state index is 0.308. The van der Waals surface area contributed by atoms with E-state index in [0.29, 0.717) is 12.6 Å². The van der Waals surface area contributed by atoms with E-state index < -0.39 is 0 Å². The van der Waals surface area contributed by atoms with E-state index in [1.54, 1.807) is 0 Å². The van der Waals surface area contributed by atoms with Gasteiger partial charge in [-0.2, -0.15) is 0 Å². The summed E-state index contributed by atoms with van der Waals surface area (Å²) in [6, 6.07) is 7.14. The molecule has 3 atom stereocenters. The Bertz CT molecular complexity index is 492. The molecule has 0 spiro atoms. The third-order valence-corrected chi connectivity index (χ3v) is 6.15. The van der Waals surface area contributed by atoms with E-state index in [1.807, 2.05) is 12.1 Å². The number of hydrogen-bond donors (Lipinski definition) is 1. The zero-order valence-corrected chi connectivity index (χ0v) is 14.7. The Labute approximate surface area is 141 Å².